The average Bonchev–Trinajstić information content (AvgIpc) is 2.49. The van der Waals surface area contributed by atoms with Gasteiger partial charge in [0.05, 0.1) is 17.4 Å². The van der Waals surface area contributed by atoms with Crippen molar-refractivity contribution in [1.29, 1.82) is 0 Å². The summed E-state index contributed by atoms with van der Waals surface area (Å²) < 4.78 is 5.34. The highest BCUT2D eigenvalue weighted by molar-refractivity contribution is 6.35. The van der Waals surface area contributed by atoms with E-state index in [0.29, 0.717) is 11.4 Å². The van der Waals surface area contributed by atoms with E-state index in [1.807, 2.05) is 18.2 Å². The molecule has 1 N–H and O–H groups in total. The second-order valence-corrected chi connectivity index (χ2v) is 3.83. The number of hydrogen-bond acceptors (Lipinski definition) is 2. The van der Waals surface area contributed by atoms with Gasteiger partial charge in [0, 0.05) is 17.4 Å². The van der Waals surface area contributed by atoms with Gasteiger partial charge in [0.2, 0.25) is 0 Å². The molecule has 2 aromatic rings. The fourth-order valence-electron chi connectivity index (χ4n) is 1.58. The van der Waals surface area contributed by atoms with Crippen molar-refractivity contribution in [3.63, 3.8) is 0 Å². The minimum absolute atomic E-state index is 0.382. The molecule has 1 atom stereocenters. The maximum absolute atomic E-state index is 9.29. The highest BCUT2D eigenvalue weighted by Crippen LogP contribution is 2.29. The number of benzene rings is 1. The molecule has 0 aliphatic rings. The molecular weight excluding hydrogens is 200 g/mol. The van der Waals surface area contributed by atoms with E-state index in [0.717, 1.165) is 16.5 Å². The molecule has 2 nitrogen and oxygen atoms in total. The van der Waals surface area contributed by atoms with Crippen LogP contribution in [-0.2, 0) is 6.42 Å². The fraction of sp³-hybridized carbons (Fsp3) is 0.273. The molecule has 0 bridgehead atoms. The first-order valence-corrected chi connectivity index (χ1v) is 4.89. The molecular formula is C11H11ClO2. The van der Waals surface area contributed by atoms with E-state index in [4.69, 9.17) is 16.0 Å². The first-order valence-electron chi connectivity index (χ1n) is 4.51. The SMILES string of the molecule is CC(O)Cc1coc2cccc(Cl)c12. The minimum Gasteiger partial charge on any atom is -0.464 e. The number of fused-ring (bicyclic) bond motifs is 1. The Morgan fingerprint density at radius 3 is 3.00 bits per heavy atom. The summed E-state index contributed by atoms with van der Waals surface area (Å²) in [5.74, 6) is 0. The van der Waals surface area contributed by atoms with Gasteiger partial charge in [0.25, 0.3) is 0 Å². The zero-order valence-corrected chi connectivity index (χ0v) is 8.58. The third-order valence-electron chi connectivity index (χ3n) is 2.14. The Labute approximate surface area is 87.1 Å². The standard InChI is InChI=1S/C11H11ClO2/c1-7(13)5-8-6-14-10-4-2-3-9(12)11(8)10/h2-4,6-7,13H,5H2,1H3. The zero-order valence-electron chi connectivity index (χ0n) is 7.83. The topological polar surface area (TPSA) is 33.4 Å². The van der Waals surface area contributed by atoms with Crippen molar-refractivity contribution in [3.8, 4) is 0 Å². The van der Waals surface area contributed by atoms with Crippen molar-refractivity contribution >= 4 is 22.6 Å². The maximum atomic E-state index is 9.29. The van der Waals surface area contributed by atoms with E-state index < -0.39 is 0 Å². The molecule has 0 aliphatic carbocycles. The molecule has 74 valence electrons. The van der Waals surface area contributed by atoms with Gasteiger partial charge in [-0.2, -0.15) is 0 Å². The third kappa shape index (κ3) is 1.63. The van der Waals surface area contributed by atoms with E-state index in [1.165, 1.54) is 0 Å². The Hall–Kier alpha value is -0.990. The van der Waals surface area contributed by atoms with Crippen molar-refractivity contribution in [3.05, 3.63) is 35.0 Å². The number of aliphatic hydroxyl groups is 1. The lowest BCUT2D eigenvalue weighted by Crippen LogP contribution is -2.03. The highest BCUT2D eigenvalue weighted by atomic mass is 35.5. The predicted molar refractivity (Wildman–Crippen MR) is 56.6 cm³/mol. The van der Waals surface area contributed by atoms with E-state index in [1.54, 1.807) is 13.2 Å². The summed E-state index contributed by atoms with van der Waals surface area (Å²) in [4.78, 5) is 0. The second-order valence-electron chi connectivity index (χ2n) is 3.43. The summed E-state index contributed by atoms with van der Waals surface area (Å²) in [7, 11) is 0. The number of aliphatic hydroxyl groups excluding tert-OH is 1. The molecule has 0 aliphatic heterocycles. The number of furan rings is 1. The zero-order chi connectivity index (χ0) is 10.1. The first kappa shape index (κ1) is 9.56. The summed E-state index contributed by atoms with van der Waals surface area (Å²) in [5.41, 5.74) is 1.73. The Kier molecular flexibility index (Phi) is 2.48. The van der Waals surface area contributed by atoms with Gasteiger partial charge in [-0.15, -0.1) is 0 Å². The molecule has 0 radical (unpaired) electrons. The lowest BCUT2D eigenvalue weighted by Gasteiger charge is -2.01. The van der Waals surface area contributed by atoms with Crippen LogP contribution in [0.4, 0.5) is 0 Å². The molecule has 14 heavy (non-hydrogen) atoms. The highest BCUT2D eigenvalue weighted by Gasteiger charge is 2.10. The lowest BCUT2D eigenvalue weighted by atomic mass is 10.1. The Morgan fingerprint density at radius 2 is 2.29 bits per heavy atom. The van der Waals surface area contributed by atoms with Crippen molar-refractivity contribution in [2.24, 2.45) is 0 Å². The largest absolute Gasteiger partial charge is 0.464 e. The van der Waals surface area contributed by atoms with Crippen LogP contribution in [0.3, 0.4) is 0 Å². The van der Waals surface area contributed by atoms with Crippen LogP contribution < -0.4 is 0 Å². The molecule has 1 aromatic heterocycles. The summed E-state index contributed by atoms with van der Waals surface area (Å²) in [6.07, 6.45) is 1.84. The predicted octanol–water partition coefficient (Wildman–Crippen LogP) is 3.01. The van der Waals surface area contributed by atoms with E-state index in [9.17, 15) is 5.11 Å². The van der Waals surface area contributed by atoms with Gasteiger partial charge in [0.15, 0.2) is 0 Å². The van der Waals surface area contributed by atoms with Crippen LogP contribution in [0.25, 0.3) is 11.0 Å². The molecule has 0 fully saturated rings. The third-order valence-corrected chi connectivity index (χ3v) is 2.45. The smallest absolute Gasteiger partial charge is 0.135 e. The Bertz CT molecular complexity index is 445. The monoisotopic (exact) mass is 210 g/mol. The van der Waals surface area contributed by atoms with Crippen molar-refractivity contribution in [1.82, 2.24) is 0 Å². The Morgan fingerprint density at radius 1 is 1.50 bits per heavy atom. The van der Waals surface area contributed by atoms with Crippen LogP contribution in [0.5, 0.6) is 0 Å². The first-order chi connectivity index (χ1) is 6.68. The molecule has 0 amide bonds. The van der Waals surface area contributed by atoms with Crippen LogP contribution >= 0.6 is 11.6 Å². The Balaban J connectivity index is 2.55. The average molecular weight is 211 g/mol. The van der Waals surface area contributed by atoms with Gasteiger partial charge < -0.3 is 9.52 Å². The second kappa shape index (κ2) is 3.64. The van der Waals surface area contributed by atoms with Crippen LogP contribution in [-0.4, -0.2) is 11.2 Å². The normalized spacial score (nSPS) is 13.4. The molecule has 2 rings (SSSR count). The molecule has 3 heteroatoms. The summed E-state index contributed by atoms with van der Waals surface area (Å²) >= 11 is 6.05. The summed E-state index contributed by atoms with van der Waals surface area (Å²) in [5, 5.41) is 10.9. The van der Waals surface area contributed by atoms with Gasteiger partial charge >= 0.3 is 0 Å². The van der Waals surface area contributed by atoms with Crippen molar-refractivity contribution in [2.75, 3.05) is 0 Å². The van der Waals surface area contributed by atoms with Crippen LogP contribution in [0.15, 0.2) is 28.9 Å². The van der Waals surface area contributed by atoms with Gasteiger partial charge in [-0.3, -0.25) is 0 Å². The van der Waals surface area contributed by atoms with Crippen LogP contribution in [0.2, 0.25) is 5.02 Å². The van der Waals surface area contributed by atoms with E-state index in [2.05, 4.69) is 0 Å². The van der Waals surface area contributed by atoms with Gasteiger partial charge in [0.1, 0.15) is 5.58 Å². The van der Waals surface area contributed by atoms with Crippen LogP contribution in [0, 0.1) is 0 Å². The van der Waals surface area contributed by atoms with Gasteiger partial charge in [-0.25, -0.2) is 0 Å². The van der Waals surface area contributed by atoms with Crippen molar-refractivity contribution < 1.29 is 9.52 Å². The number of hydrogen-bond donors (Lipinski definition) is 1. The summed E-state index contributed by atoms with van der Waals surface area (Å²) in [6, 6.07) is 5.54. The number of rotatable bonds is 2. The van der Waals surface area contributed by atoms with E-state index in [-0.39, 0.29) is 6.10 Å². The quantitative estimate of drug-likeness (QED) is 0.827. The molecule has 0 saturated heterocycles. The molecule has 0 saturated carbocycles. The molecule has 1 aromatic carbocycles. The van der Waals surface area contributed by atoms with Crippen LogP contribution in [0.1, 0.15) is 12.5 Å². The molecule has 1 heterocycles. The molecule has 0 spiro atoms. The fourth-order valence-corrected chi connectivity index (χ4v) is 1.86. The molecule has 1 unspecified atom stereocenters. The van der Waals surface area contributed by atoms with E-state index >= 15 is 0 Å². The number of halogens is 1. The summed E-state index contributed by atoms with van der Waals surface area (Å²) in [6.45, 7) is 1.75. The van der Waals surface area contributed by atoms with Gasteiger partial charge in [-0.05, 0) is 19.1 Å². The minimum atomic E-state index is -0.382. The maximum Gasteiger partial charge on any atom is 0.135 e. The van der Waals surface area contributed by atoms with Gasteiger partial charge in [-0.1, -0.05) is 17.7 Å². The van der Waals surface area contributed by atoms with Crippen molar-refractivity contribution in [2.45, 2.75) is 19.4 Å². The lowest BCUT2D eigenvalue weighted by molar-refractivity contribution is 0.195.